The van der Waals surface area contributed by atoms with Crippen molar-refractivity contribution in [3.63, 3.8) is 0 Å². The summed E-state index contributed by atoms with van der Waals surface area (Å²) in [6, 6.07) is 11.2. The molecule has 0 aromatic heterocycles. The number of carbonyl (C=O) groups is 1. The van der Waals surface area contributed by atoms with E-state index in [0.717, 1.165) is 23.3 Å². The fraction of sp³-hybridized carbons (Fsp3) is 0.381. The fourth-order valence-electron chi connectivity index (χ4n) is 2.57. The van der Waals surface area contributed by atoms with Gasteiger partial charge in [0.1, 0.15) is 11.6 Å². The second-order valence-electron chi connectivity index (χ2n) is 6.05. The van der Waals surface area contributed by atoms with Crippen molar-refractivity contribution in [2.75, 3.05) is 13.2 Å². The zero-order chi connectivity index (χ0) is 18.9. The first-order valence-corrected chi connectivity index (χ1v) is 8.95. The summed E-state index contributed by atoms with van der Waals surface area (Å²) in [5, 5.41) is 2.93. The van der Waals surface area contributed by atoms with Gasteiger partial charge in [0.15, 0.2) is 0 Å². The van der Waals surface area contributed by atoms with Crippen molar-refractivity contribution in [1.29, 1.82) is 0 Å². The lowest BCUT2D eigenvalue weighted by Crippen LogP contribution is -2.26. The van der Waals surface area contributed by atoms with Gasteiger partial charge in [-0.3, -0.25) is 4.79 Å². The number of amides is 1. The van der Waals surface area contributed by atoms with Crippen LogP contribution in [-0.4, -0.2) is 19.1 Å². The third kappa shape index (κ3) is 5.56. The predicted octanol–water partition coefficient (Wildman–Crippen LogP) is 4.64. The van der Waals surface area contributed by atoms with Gasteiger partial charge in [-0.25, -0.2) is 4.39 Å². The molecule has 0 heterocycles. The molecule has 2 aromatic rings. The molecule has 2 aromatic carbocycles. The standard InChI is InChI=1S/C21H26FNO3/c1-4-12-25-14-18-13-17(8-11-20(18)26-5-2)21(24)23-15(3)16-6-9-19(22)10-7-16/h6-11,13,15H,4-5,12,14H2,1-3H3,(H,23,24)/t15-/m1/s1. The summed E-state index contributed by atoms with van der Waals surface area (Å²) in [4.78, 5) is 12.6. The summed E-state index contributed by atoms with van der Waals surface area (Å²) >= 11 is 0. The van der Waals surface area contributed by atoms with Crippen LogP contribution in [0, 0.1) is 5.82 Å². The van der Waals surface area contributed by atoms with Crippen LogP contribution in [0.25, 0.3) is 0 Å². The zero-order valence-electron chi connectivity index (χ0n) is 15.5. The summed E-state index contributed by atoms with van der Waals surface area (Å²) in [7, 11) is 0. The van der Waals surface area contributed by atoms with Gasteiger partial charge in [0, 0.05) is 17.7 Å². The Labute approximate surface area is 154 Å². The van der Waals surface area contributed by atoms with E-state index >= 15 is 0 Å². The molecule has 0 unspecified atom stereocenters. The molecule has 2 rings (SSSR count). The number of hydrogen-bond acceptors (Lipinski definition) is 3. The van der Waals surface area contributed by atoms with Crippen LogP contribution in [0.5, 0.6) is 5.75 Å². The summed E-state index contributed by atoms with van der Waals surface area (Å²) < 4.78 is 24.3. The van der Waals surface area contributed by atoms with E-state index < -0.39 is 0 Å². The first-order valence-electron chi connectivity index (χ1n) is 8.95. The molecule has 1 amide bonds. The van der Waals surface area contributed by atoms with Crippen LogP contribution in [0.1, 0.15) is 54.7 Å². The summed E-state index contributed by atoms with van der Waals surface area (Å²) in [6.07, 6.45) is 0.930. The molecule has 0 aliphatic heterocycles. The van der Waals surface area contributed by atoms with Gasteiger partial charge >= 0.3 is 0 Å². The molecular weight excluding hydrogens is 333 g/mol. The van der Waals surface area contributed by atoms with E-state index in [1.54, 1.807) is 30.3 Å². The molecule has 0 saturated carbocycles. The maximum absolute atomic E-state index is 13.0. The van der Waals surface area contributed by atoms with Crippen LogP contribution in [0.2, 0.25) is 0 Å². The van der Waals surface area contributed by atoms with Crippen LogP contribution in [-0.2, 0) is 11.3 Å². The maximum atomic E-state index is 13.0. The van der Waals surface area contributed by atoms with E-state index in [4.69, 9.17) is 9.47 Å². The van der Waals surface area contributed by atoms with E-state index in [2.05, 4.69) is 5.32 Å². The second kappa shape index (κ2) is 9.92. The minimum atomic E-state index is -0.296. The van der Waals surface area contributed by atoms with Crippen LogP contribution in [0.15, 0.2) is 42.5 Å². The number of ether oxygens (including phenoxy) is 2. The number of benzene rings is 2. The Morgan fingerprint density at radius 3 is 2.54 bits per heavy atom. The van der Waals surface area contributed by atoms with Gasteiger partial charge in [-0.2, -0.15) is 0 Å². The molecule has 4 nitrogen and oxygen atoms in total. The molecule has 1 atom stereocenters. The Hall–Kier alpha value is -2.40. The predicted molar refractivity (Wildman–Crippen MR) is 99.8 cm³/mol. The largest absolute Gasteiger partial charge is 0.494 e. The molecule has 0 aliphatic rings. The molecule has 5 heteroatoms. The van der Waals surface area contributed by atoms with Gasteiger partial charge in [-0.15, -0.1) is 0 Å². The zero-order valence-corrected chi connectivity index (χ0v) is 15.5. The van der Waals surface area contributed by atoms with Crippen LogP contribution in [0.3, 0.4) is 0 Å². The van der Waals surface area contributed by atoms with Crippen molar-refractivity contribution < 1.29 is 18.7 Å². The first-order chi connectivity index (χ1) is 12.5. The SMILES string of the molecule is CCCOCc1cc(C(=O)N[C@H](C)c2ccc(F)cc2)ccc1OCC. The quantitative estimate of drug-likeness (QED) is 0.664. The van der Waals surface area contributed by atoms with Crippen LogP contribution >= 0.6 is 0 Å². The fourth-order valence-corrected chi connectivity index (χ4v) is 2.57. The van der Waals surface area contributed by atoms with Crippen molar-refractivity contribution in [3.05, 3.63) is 65.0 Å². The number of hydrogen-bond donors (Lipinski definition) is 1. The Morgan fingerprint density at radius 1 is 1.15 bits per heavy atom. The van der Waals surface area contributed by atoms with Gasteiger partial charge in [0.25, 0.3) is 5.91 Å². The maximum Gasteiger partial charge on any atom is 0.251 e. The van der Waals surface area contributed by atoms with Crippen molar-refractivity contribution in [2.24, 2.45) is 0 Å². The Balaban J connectivity index is 2.11. The monoisotopic (exact) mass is 359 g/mol. The number of rotatable bonds is 9. The lowest BCUT2D eigenvalue weighted by Gasteiger charge is -2.16. The average molecular weight is 359 g/mol. The molecule has 0 aliphatic carbocycles. The molecule has 1 N–H and O–H groups in total. The van der Waals surface area contributed by atoms with E-state index in [9.17, 15) is 9.18 Å². The first kappa shape index (κ1) is 19.9. The smallest absolute Gasteiger partial charge is 0.251 e. The van der Waals surface area contributed by atoms with Gasteiger partial charge in [-0.1, -0.05) is 19.1 Å². The number of halogens is 1. The third-order valence-corrected chi connectivity index (χ3v) is 3.95. The van der Waals surface area contributed by atoms with Crippen molar-refractivity contribution in [3.8, 4) is 5.75 Å². The van der Waals surface area contributed by atoms with E-state index in [-0.39, 0.29) is 17.8 Å². The van der Waals surface area contributed by atoms with Crippen LogP contribution < -0.4 is 10.1 Å². The van der Waals surface area contributed by atoms with E-state index in [0.29, 0.717) is 25.4 Å². The highest BCUT2D eigenvalue weighted by molar-refractivity contribution is 5.94. The Bertz CT molecular complexity index is 716. The van der Waals surface area contributed by atoms with Crippen molar-refractivity contribution in [1.82, 2.24) is 5.32 Å². The topological polar surface area (TPSA) is 47.6 Å². The molecular formula is C21H26FNO3. The number of nitrogens with one attached hydrogen (secondary N) is 1. The number of carbonyl (C=O) groups excluding carboxylic acids is 1. The molecule has 140 valence electrons. The van der Waals surface area contributed by atoms with Gasteiger partial charge in [0.2, 0.25) is 0 Å². The van der Waals surface area contributed by atoms with Crippen molar-refractivity contribution >= 4 is 5.91 Å². The molecule has 0 fully saturated rings. The highest BCUT2D eigenvalue weighted by Gasteiger charge is 2.14. The molecule has 26 heavy (non-hydrogen) atoms. The molecule has 0 spiro atoms. The minimum Gasteiger partial charge on any atom is -0.494 e. The molecule has 0 bridgehead atoms. The highest BCUT2D eigenvalue weighted by Crippen LogP contribution is 2.22. The van der Waals surface area contributed by atoms with Gasteiger partial charge in [-0.05, 0) is 56.2 Å². The minimum absolute atomic E-state index is 0.193. The van der Waals surface area contributed by atoms with Crippen molar-refractivity contribution in [2.45, 2.75) is 39.8 Å². The Morgan fingerprint density at radius 2 is 1.88 bits per heavy atom. The van der Waals surface area contributed by atoms with Gasteiger partial charge < -0.3 is 14.8 Å². The lowest BCUT2D eigenvalue weighted by molar-refractivity contribution is 0.0939. The lowest BCUT2D eigenvalue weighted by atomic mass is 10.1. The highest BCUT2D eigenvalue weighted by atomic mass is 19.1. The molecule has 0 saturated heterocycles. The Kier molecular flexibility index (Phi) is 7.60. The second-order valence-corrected chi connectivity index (χ2v) is 6.05. The third-order valence-electron chi connectivity index (χ3n) is 3.95. The van der Waals surface area contributed by atoms with Gasteiger partial charge in [0.05, 0.1) is 19.3 Å². The van der Waals surface area contributed by atoms with E-state index in [1.807, 2.05) is 20.8 Å². The van der Waals surface area contributed by atoms with Crippen LogP contribution in [0.4, 0.5) is 4.39 Å². The van der Waals surface area contributed by atoms with E-state index in [1.165, 1.54) is 12.1 Å². The average Bonchev–Trinajstić information content (AvgIpc) is 2.63. The normalized spacial score (nSPS) is 11.8. The molecule has 0 radical (unpaired) electrons. The summed E-state index contributed by atoms with van der Waals surface area (Å²) in [5.74, 6) is 0.240. The summed E-state index contributed by atoms with van der Waals surface area (Å²) in [5.41, 5.74) is 2.23. The summed E-state index contributed by atoms with van der Waals surface area (Å²) in [6.45, 7) is 7.44.